The fourth-order valence-electron chi connectivity index (χ4n) is 2.28. The first kappa shape index (κ1) is 16.5. The number of fused-ring (bicyclic) bond motifs is 1. The number of carbonyl (C=O) groups excluding carboxylic acids is 1. The maximum Gasteiger partial charge on any atom is 0.244 e. The third-order valence-electron chi connectivity index (χ3n) is 3.30. The van der Waals surface area contributed by atoms with Crippen molar-refractivity contribution in [3.63, 3.8) is 0 Å². The molecule has 1 aromatic heterocycles. The molecule has 0 fully saturated rings. The second-order valence-electron chi connectivity index (χ2n) is 5.12. The van der Waals surface area contributed by atoms with Crippen molar-refractivity contribution in [2.24, 2.45) is 0 Å². The van der Waals surface area contributed by atoms with Gasteiger partial charge in [0.05, 0.1) is 20.0 Å². The Balaban J connectivity index is 2.72. The van der Waals surface area contributed by atoms with E-state index in [1.807, 2.05) is 22.6 Å². The van der Waals surface area contributed by atoms with E-state index in [-0.39, 0.29) is 17.1 Å². The fourth-order valence-corrected chi connectivity index (χ4v) is 2.89. The number of benzene rings is 1. The molecule has 1 aromatic carbocycles. The summed E-state index contributed by atoms with van der Waals surface area (Å²) < 4.78 is 16.1. The van der Waals surface area contributed by atoms with Crippen molar-refractivity contribution >= 4 is 51.1 Å². The van der Waals surface area contributed by atoms with Crippen LogP contribution in [0.1, 0.15) is 31.1 Å². The molecule has 4 nitrogen and oxygen atoms in total. The Labute approximate surface area is 141 Å². The van der Waals surface area contributed by atoms with Crippen molar-refractivity contribution in [1.82, 2.24) is 14.5 Å². The fraction of sp³-hybridized carbons (Fsp3) is 0.429. The van der Waals surface area contributed by atoms with Gasteiger partial charge in [0.1, 0.15) is 17.7 Å². The van der Waals surface area contributed by atoms with Crippen LogP contribution in [-0.4, -0.2) is 34.5 Å². The van der Waals surface area contributed by atoms with Gasteiger partial charge in [-0.2, -0.15) is 0 Å². The Bertz CT molecular complexity index is 699. The molecule has 0 aliphatic heterocycles. The van der Waals surface area contributed by atoms with Crippen LogP contribution < -0.4 is 0 Å². The molecule has 21 heavy (non-hydrogen) atoms. The average Bonchev–Trinajstić information content (AvgIpc) is 2.76. The molecule has 0 spiro atoms. The van der Waals surface area contributed by atoms with E-state index in [2.05, 4.69) is 4.98 Å². The van der Waals surface area contributed by atoms with Crippen LogP contribution in [0.25, 0.3) is 11.0 Å². The lowest BCUT2D eigenvalue weighted by molar-refractivity contribution is -0.131. The standard InChI is InChI=1S/C14H16ClFIN3O/c1-7(15)13-18-11-6-10(17)9(16)5-12(11)20(13)8(2)14(21)19(3)4/h5-8H,1-4H3. The lowest BCUT2D eigenvalue weighted by Crippen LogP contribution is -2.30. The SMILES string of the molecule is CC(Cl)c1nc2cc(I)c(F)cc2n1C(C)C(=O)N(C)C. The van der Waals surface area contributed by atoms with E-state index < -0.39 is 6.04 Å². The van der Waals surface area contributed by atoms with Crippen LogP contribution in [0.3, 0.4) is 0 Å². The molecule has 0 saturated heterocycles. The molecule has 7 heteroatoms. The van der Waals surface area contributed by atoms with Crippen LogP contribution in [0.4, 0.5) is 4.39 Å². The highest BCUT2D eigenvalue weighted by Gasteiger charge is 2.25. The Morgan fingerprint density at radius 1 is 1.43 bits per heavy atom. The molecule has 0 saturated carbocycles. The number of aromatic nitrogens is 2. The average molecular weight is 424 g/mol. The van der Waals surface area contributed by atoms with Crippen molar-refractivity contribution in [2.75, 3.05) is 14.1 Å². The Hall–Kier alpha value is -0.890. The Morgan fingerprint density at radius 3 is 2.57 bits per heavy atom. The first-order valence-corrected chi connectivity index (χ1v) is 7.97. The molecular formula is C14H16ClFIN3O. The van der Waals surface area contributed by atoms with Crippen molar-refractivity contribution in [2.45, 2.75) is 25.3 Å². The number of hydrogen-bond acceptors (Lipinski definition) is 2. The number of halogens is 3. The van der Waals surface area contributed by atoms with Crippen molar-refractivity contribution in [3.05, 3.63) is 27.3 Å². The molecule has 0 aliphatic carbocycles. The van der Waals surface area contributed by atoms with Crippen molar-refractivity contribution in [1.29, 1.82) is 0 Å². The topological polar surface area (TPSA) is 38.1 Å². The zero-order chi connectivity index (χ0) is 15.9. The second kappa shape index (κ2) is 6.08. The van der Waals surface area contributed by atoms with E-state index in [9.17, 15) is 9.18 Å². The summed E-state index contributed by atoms with van der Waals surface area (Å²) in [6.07, 6.45) is 0. The summed E-state index contributed by atoms with van der Waals surface area (Å²) in [5, 5.41) is -0.379. The summed E-state index contributed by atoms with van der Waals surface area (Å²) in [6.45, 7) is 3.55. The van der Waals surface area contributed by atoms with Gasteiger partial charge in [-0.15, -0.1) is 11.6 Å². The van der Waals surface area contributed by atoms with Crippen LogP contribution in [0.2, 0.25) is 0 Å². The quantitative estimate of drug-likeness (QED) is 0.557. The molecule has 0 bridgehead atoms. The van der Waals surface area contributed by atoms with Gasteiger partial charge in [-0.1, -0.05) is 0 Å². The first-order valence-electron chi connectivity index (χ1n) is 6.46. The highest BCUT2D eigenvalue weighted by Crippen LogP contribution is 2.30. The maximum absolute atomic E-state index is 13.9. The van der Waals surface area contributed by atoms with Gasteiger partial charge in [0, 0.05) is 20.2 Å². The van der Waals surface area contributed by atoms with E-state index in [1.54, 1.807) is 38.6 Å². The minimum absolute atomic E-state index is 0.0909. The van der Waals surface area contributed by atoms with Gasteiger partial charge in [0.25, 0.3) is 0 Å². The number of carbonyl (C=O) groups is 1. The number of nitrogens with zero attached hydrogens (tertiary/aromatic N) is 3. The normalized spacial score (nSPS) is 14.2. The van der Waals surface area contributed by atoms with E-state index in [0.29, 0.717) is 20.4 Å². The van der Waals surface area contributed by atoms with Crippen molar-refractivity contribution < 1.29 is 9.18 Å². The molecular weight excluding hydrogens is 408 g/mol. The number of amides is 1. The van der Waals surface area contributed by atoms with Crippen LogP contribution >= 0.6 is 34.2 Å². The smallest absolute Gasteiger partial charge is 0.244 e. The molecule has 0 radical (unpaired) electrons. The molecule has 2 aromatic rings. The molecule has 1 amide bonds. The predicted octanol–water partition coefficient (Wildman–Crippen LogP) is 3.73. The van der Waals surface area contributed by atoms with Crippen LogP contribution in [0.15, 0.2) is 12.1 Å². The second-order valence-corrected chi connectivity index (χ2v) is 6.94. The Morgan fingerprint density at radius 2 is 2.05 bits per heavy atom. The molecule has 114 valence electrons. The summed E-state index contributed by atoms with van der Waals surface area (Å²) in [7, 11) is 3.37. The van der Waals surface area contributed by atoms with Crippen LogP contribution in [0, 0.1) is 9.39 Å². The number of rotatable bonds is 3. The minimum Gasteiger partial charge on any atom is -0.347 e. The number of imidazole rings is 1. The van der Waals surface area contributed by atoms with Gasteiger partial charge in [0.2, 0.25) is 5.91 Å². The molecule has 1 heterocycles. The predicted molar refractivity (Wildman–Crippen MR) is 90.1 cm³/mol. The summed E-state index contributed by atoms with van der Waals surface area (Å²) in [5.41, 5.74) is 1.22. The largest absolute Gasteiger partial charge is 0.347 e. The van der Waals surface area contributed by atoms with Gasteiger partial charge in [-0.05, 0) is 42.5 Å². The number of hydrogen-bond donors (Lipinski definition) is 0. The Kier molecular flexibility index (Phi) is 4.77. The van der Waals surface area contributed by atoms with E-state index in [4.69, 9.17) is 11.6 Å². The summed E-state index contributed by atoms with van der Waals surface area (Å²) >= 11 is 8.10. The van der Waals surface area contributed by atoms with Gasteiger partial charge in [0.15, 0.2) is 0 Å². The third kappa shape index (κ3) is 3.01. The zero-order valence-electron chi connectivity index (χ0n) is 12.2. The molecule has 2 rings (SSSR count). The number of likely N-dealkylation sites (N-methyl/N-ethyl adjacent to an activating group) is 1. The molecule has 2 atom stereocenters. The number of alkyl halides is 1. The minimum atomic E-state index is -0.499. The summed E-state index contributed by atoms with van der Waals surface area (Å²) in [6, 6.07) is 2.57. The van der Waals surface area contributed by atoms with Gasteiger partial charge in [-0.25, -0.2) is 9.37 Å². The molecule has 0 N–H and O–H groups in total. The highest BCUT2D eigenvalue weighted by atomic mass is 127. The first-order chi connectivity index (χ1) is 9.73. The van der Waals surface area contributed by atoms with Gasteiger partial charge < -0.3 is 9.47 Å². The van der Waals surface area contributed by atoms with Crippen molar-refractivity contribution in [3.8, 4) is 0 Å². The van der Waals surface area contributed by atoms with Gasteiger partial charge >= 0.3 is 0 Å². The third-order valence-corrected chi connectivity index (χ3v) is 4.32. The molecule has 2 unspecified atom stereocenters. The highest BCUT2D eigenvalue weighted by molar-refractivity contribution is 14.1. The molecule has 0 aliphatic rings. The lowest BCUT2D eigenvalue weighted by Gasteiger charge is -2.21. The lowest BCUT2D eigenvalue weighted by atomic mass is 10.2. The zero-order valence-corrected chi connectivity index (χ0v) is 15.1. The summed E-state index contributed by atoms with van der Waals surface area (Å²) in [4.78, 5) is 18.2. The van der Waals surface area contributed by atoms with Crippen LogP contribution in [-0.2, 0) is 4.79 Å². The monoisotopic (exact) mass is 423 g/mol. The maximum atomic E-state index is 13.9. The van der Waals surface area contributed by atoms with Gasteiger partial charge in [-0.3, -0.25) is 4.79 Å². The summed E-state index contributed by atoms with van der Waals surface area (Å²) in [5.74, 6) is 0.144. The van der Waals surface area contributed by atoms with Crippen LogP contribution in [0.5, 0.6) is 0 Å². The van der Waals surface area contributed by atoms with E-state index >= 15 is 0 Å². The van der Waals surface area contributed by atoms with E-state index in [1.165, 1.54) is 11.0 Å². The van der Waals surface area contributed by atoms with E-state index in [0.717, 1.165) is 0 Å².